The third-order valence-corrected chi connectivity index (χ3v) is 5.35. The number of hydrogen-bond acceptors (Lipinski definition) is 1. The summed E-state index contributed by atoms with van der Waals surface area (Å²) in [5, 5.41) is 6.31. The molecular formula is C15H18NP. The van der Waals surface area contributed by atoms with Crippen molar-refractivity contribution in [2.24, 2.45) is 0 Å². The summed E-state index contributed by atoms with van der Waals surface area (Å²) >= 11 is 0. The van der Waals surface area contributed by atoms with E-state index in [4.69, 9.17) is 0 Å². The van der Waals surface area contributed by atoms with E-state index in [-0.39, 0.29) is 0 Å². The van der Waals surface area contributed by atoms with E-state index >= 15 is 0 Å². The third-order valence-electron chi connectivity index (χ3n) is 2.94. The van der Waals surface area contributed by atoms with Crippen LogP contribution >= 0.6 is 8.07 Å². The van der Waals surface area contributed by atoms with Crippen molar-refractivity contribution in [3.8, 4) is 0 Å². The van der Waals surface area contributed by atoms with E-state index in [1.165, 1.54) is 21.7 Å². The first kappa shape index (κ1) is 12.3. The standard InChI is InChI=1S/C15H18NP/c1-12-8-4-6-10-14(12)17(16-3)15-11-7-5-9-13(15)2/h4-11,16H,1-3H3. The largest absolute Gasteiger partial charge is 0.292 e. The summed E-state index contributed by atoms with van der Waals surface area (Å²) in [4.78, 5) is 0. The van der Waals surface area contributed by atoms with Gasteiger partial charge in [0.25, 0.3) is 0 Å². The van der Waals surface area contributed by atoms with Gasteiger partial charge >= 0.3 is 0 Å². The van der Waals surface area contributed by atoms with Crippen molar-refractivity contribution >= 4 is 18.7 Å². The van der Waals surface area contributed by atoms with E-state index in [0.29, 0.717) is 0 Å². The number of rotatable bonds is 3. The van der Waals surface area contributed by atoms with Crippen LogP contribution in [0, 0.1) is 13.8 Å². The first-order valence-electron chi connectivity index (χ1n) is 5.83. The maximum absolute atomic E-state index is 3.48. The lowest BCUT2D eigenvalue weighted by Crippen LogP contribution is -2.23. The van der Waals surface area contributed by atoms with Crippen LogP contribution in [0.1, 0.15) is 11.1 Å². The van der Waals surface area contributed by atoms with Crippen molar-refractivity contribution in [3.05, 3.63) is 59.7 Å². The number of hydrogen-bond donors (Lipinski definition) is 1. The average molecular weight is 243 g/mol. The molecule has 0 heterocycles. The molecule has 0 amide bonds. The molecule has 88 valence electrons. The molecule has 1 nitrogen and oxygen atoms in total. The summed E-state index contributed by atoms with van der Waals surface area (Å²) in [6.45, 7) is 4.36. The predicted molar refractivity (Wildman–Crippen MR) is 77.6 cm³/mol. The van der Waals surface area contributed by atoms with Crippen LogP contribution in [0.2, 0.25) is 0 Å². The molecule has 2 aromatic rings. The predicted octanol–water partition coefficient (Wildman–Crippen LogP) is 2.87. The second-order valence-electron chi connectivity index (χ2n) is 4.13. The summed E-state index contributed by atoms with van der Waals surface area (Å²) < 4.78 is 0. The molecule has 0 aromatic heterocycles. The van der Waals surface area contributed by atoms with Crippen LogP contribution in [-0.2, 0) is 0 Å². The normalized spacial score (nSPS) is 10.8. The van der Waals surface area contributed by atoms with Gasteiger partial charge in [-0.1, -0.05) is 48.5 Å². The molecule has 0 bridgehead atoms. The molecular weight excluding hydrogens is 225 g/mol. The highest BCUT2D eigenvalue weighted by atomic mass is 31.1. The molecule has 0 unspecified atom stereocenters. The maximum Gasteiger partial charge on any atom is 0.0256 e. The van der Waals surface area contributed by atoms with E-state index in [0.717, 1.165) is 0 Å². The molecule has 0 radical (unpaired) electrons. The fourth-order valence-corrected chi connectivity index (χ4v) is 4.07. The fourth-order valence-electron chi connectivity index (χ4n) is 2.00. The van der Waals surface area contributed by atoms with E-state index in [1.807, 2.05) is 7.05 Å². The third kappa shape index (κ3) is 2.57. The Bertz CT molecular complexity index is 462. The molecule has 1 N–H and O–H groups in total. The molecule has 0 spiro atoms. The van der Waals surface area contributed by atoms with Crippen molar-refractivity contribution in [2.75, 3.05) is 7.05 Å². The lowest BCUT2D eigenvalue weighted by atomic mass is 10.2. The summed E-state index contributed by atoms with van der Waals surface area (Å²) in [6.07, 6.45) is 0. The van der Waals surface area contributed by atoms with Crippen molar-refractivity contribution < 1.29 is 0 Å². The molecule has 0 saturated heterocycles. The maximum atomic E-state index is 3.48. The topological polar surface area (TPSA) is 12.0 Å². The van der Waals surface area contributed by atoms with Crippen LogP contribution in [0.15, 0.2) is 48.5 Å². The first-order valence-corrected chi connectivity index (χ1v) is 7.17. The summed E-state index contributed by atoms with van der Waals surface area (Å²) in [6, 6.07) is 17.2. The second-order valence-corrected chi connectivity index (χ2v) is 6.21. The minimum atomic E-state index is -0.440. The highest BCUT2D eigenvalue weighted by molar-refractivity contribution is 7.71. The second kappa shape index (κ2) is 5.44. The van der Waals surface area contributed by atoms with Crippen molar-refractivity contribution in [1.82, 2.24) is 5.09 Å². The highest BCUT2D eigenvalue weighted by Gasteiger charge is 2.14. The Morgan fingerprint density at radius 2 is 1.18 bits per heavy atom. The van der Waals surface area contributed by atoms with Gasteiger partial charge in [-0.2, -0.15) is 0 Å². The molecule has 0 fully saturated rings. The zero-order valence-corrected chi connectivity index (χ0v) is 11.5. The van der Waals surface area contributed by atoms with E-state index < -0.39 is 8.07 Å². The average Bonchev–Trinajstić information content (AvgIpc) is 2.34. The highest BCUT2D eigenvalue weighted by Crippen LogP contribution is 2.30. The van der Waals surface area contributed by atoms with Gasteiger partial charge in [0, 0.05) is 8.07 Å². The monoisotopic (exact) mass is 243 g/mol. The van der Waals surface area contributed by atoms with E-state index in [2.05, 4.69) is 67.5 Å². The Labute approximate surface area is 105 Å². The van der Waals surface area contributed by atoms with Gasteiger partial charge in [0.2, 0.25) is 0 Å². The molecule has 2 rings (SSSR count). The zero-order chi connectivity index (χ0) is 12.3. The molecule has 0 aliphatic rings. The fraction of sp³-hybridized carbons (Fsp3) is 0.200. The van der Waals surface area contributed by atoms with Gasteiger partial charge in [0.1, 0.15) is 0 Å². The summed E-state index contributed by atoms with van der Waals surface area (Å²) in [5.41, 5.74) is 2.72. The smallest absolute Gasteiger partial charge is 0.0256 e. The van der Waals surface area contributed by atoms with Gasteiger partial charge in [0.15, 0.2) is 0 Å². The Kier molecular flexibility index (Phi) is 3.93. The Morgan fingerprint density at radius 1 is 0.765 bits per heavy atom. The Balaban J connectivity index is 2.48. The molecule has 2 aromatic carbocycles. The van der Waals surface area contributed by atoms with Gasteiger partial charge in [-0.25, -0.2) is 0 Å². The summed E-state index contributed by atoms with van der Waals surface area (Å²) in [7, 11) is 1.61. The SMILES string of the molecule is CNP(c1ccccc1C)c1ccccc1C. The quantitative estimate of drug-likeness (QED) is 0.817. The minimum absolute atomic E-state index is 0.440. The van der Waals surface area contributed by atoms with Gasteiger partial charge in [-0.05, 0) is 42.6 Å². The first-order chi connectivity index (χ1) is 8.24. The molecule has 0 saturated carbocycles. The van der Waals surface area contributed by atoms with Crippen LogP contribution in [-0.4, -0.2) is 7.05 Å². The van der Waals surface area contributed by atoms with Crippen molar-refractivity contribution in [2.45, 2.75) is 13.8 Å². The molecule has 0 aliphatic heterocycles. The van der Waals surface area contributed by atoms with Gasteiger partial charge < -0.3 is 0 Å². The molecule has 2 heteroatoms. The van der Waals surface area contributed by atoms with Crippen LogP contribution < -0.4 is 15.7 Å². The number of aryl methyl sites for hydroxylation is 2. The van der Waals surface area contributed by atoms with Gasteiger partial charge in [0.05, 0.1) is 0 Å². The van der Waals surface area contributed by atoms with Crippen molar-refractivity contribution in [1.29, 1.82) is 0 Å². The zero-order valence-electron chi connectivity index (χ0n) is 10.6. The lowest BCUT2D eigenvalue weighted by Gasteiger charge is -2.21. The van der Waals surface area contributed by atoms with E-state index in [9.17, 15) is 0 Å². The molecule has 0 aliphatic carbocycles. The summed E-state index contributed by atoms with van der Waals surface area (Å²) in [5.74, 6) is 0. The lowest BCUT2D eigenvalue weighted by molar-refractivity contribution is 1.27. The Hall–Kier alpha value is -1.17. The van der Waals surface area contributed by atoms with Crippen LogP contribution in [0.4, 0.5) is 0 Å². The van der Waals surface area contributed by atoms with Crippen LogP contribution in [0.5, 0.6) is 0 Å². The van der Waals surface area contributed by atoms with Crippen LogP contribution in [0.25, 0.3) is 0 Å². The van der Waals surface area contributed by atoms with E-state index in [1.54, 1.807) is 0 Å². The van der Waals surface area contributed by atoms with Gasteiger partial charge in [-0.15, -0.1) is 0 Å². The molecule has 0 atom stereocenters. The van der Waals surface area contributed by atoms with Crippen LogP contribution in [0.3, 0.4) is 0 Å². The van der Waals surface area contributed by atoms with Gasteiger partial charge in [-0.3, -0.25) is 5.09 Å². The van der Waals surface area contributed by atoms with Crippen molar-refractivity contribution in [3.63, 3.8) is 0 Å². The number of nitrogens with one attached hydrogen (secondary N) is 1. The Morgan fingerprint density at radius 3 is 1.53 bits per heavy atom. The number of benzene rings is 2. The molecule has 17 heavy (non-hydrogen) atoms. The minimum Gasteiger partial charge on any atom is -0.292 e.